The number of nitrogens with one attached hydrogen (secondary N) is 3. The summed E-state index contributed by atoms with van der Waals surface area (Å²) in [5.74, 6) is 0.587. The smallest absolute Gasteiger partial charge is 0.315 e. The van der Waals surface area contributed by atoms with Crippen LogP contribution in [-0.4, -0.2) is 31.2 Å². The zero-order valence-corrected chi connectivity index (χ0v) is 10.0. The number of piperidine rings is 1. The standard InChI is InChI=1S/C11H23N3O/c1-11(2,3)14-10(15)13-8-9-5-4-6-12-7-9/h9,12H,4-8H2,1-3H3,(H2,13,14,15). The molecule has 1 atom stereocenters. The summed E-state index contributed by atoms with van der Waals surface area (Å²) in [4.78, 5) is 11.5. The number of amides is 2. The van der Waals surface area contributed by atoms with E-state index in [4.69, 9.17) is 0 Å². The minimum Gasteiger partial charge on any atom is -0.338 e. The van der Waals surface area contributed by atoms with E-state index in [1.165, 1.54) is 12.8 Å². The molecule has 0 bridgehead atoms. The Morgan fingerprint density at radius 2 is 2.20 bits per heavy atom. The molecule has 1 rings (SSSR count). The van der Waals surface area contributed by atoms with E-state index in [2.05, 4.69) is 16.0 Å². The van der Waals surface area contributed by atoms with Gasteiger partial charge in [0.05, 0.1) is 0 Å². The lowest BCUT2D eigenvalue weighted by molar-refractivity contribution is 0.228. The Balaban J connectivity index is 2.15. The summed E-state index contributed by atoms with van der Waals surface area (Å²) in [5, 5.41) is 9.14. The molecule has 1 unspecified atom stereocenters. The van der Waals surface area contributed by atoms with Crippen LogP contribution < -0.4 is 16.0 Å². The van der Waals surface area contributed by atoms with Crippen LogP contribution in [0, 0.1) is 5.92 Å². The van der Waals surface area contributed by atoms with Gasteiger partial charge in [0.15, 0.2) is 0 Å². The zero-order valence-electron chi connectivity index (χ0n) is 10.0. The van der Waals surface area contributed by atoms with Crippen molar-refractivity contribution in [2.24, 2.45) is 5.92 Å². The number of hydrogen-bond acceptors (Lipinski definition) is 2. The van der Waals surface area contributed by atoms with Gasteiger partial charge in [-0.05, 0) is 52.6 Å². The Labute approximate surface area is 92.2 Å². The van der Waals surface area contributed by atoms with Gasteiger partial charge in [0, 0.05) is 12.1 Å². The van der Waals surface area contributed by atoms with Gasteiger partial charge in [0.2, 0.25) is 0 Å². The van der Waals surface area contributed by atoms with Gasteiger partial charge in [-0.2, -0.15) is 0 Å². The molecule has 0 aromatic rings. The maximum absolute atomic E-state index is 11.5. The zero-order chi connectivity index (χ0) is 11.3. The van der Waals surface area contributed by atoms with Crippen molar-refractivity contribution in [3.8, 4) is 0 Å². The van der Waals surface area contributed by atoms with Gasteiger partial charge >= 0.3 is 6.03 Å². The first-order valence-corrected chi connectivity index (χ1v) is 5.74. The third-order valence-corrected chi connectivity index (χ3v) is 2.44. The van der Waals surface area contributed by atoms with Gasteiger partial charge in [0.25, 0.3) is 0 Å². The van der Waals surface area contributed by atoms with Crippen LogP contribution in [0.2, 0.25) is 0 Å². The highest BCUT2D eigenvalue weighted by atomic mass is 16.2. The summed E-state index contributed by atoms with van der Waals surface area (Å²) in [7, 11) is 0. The molecule has 1 aliphatic heterocycles. The van der Waals surface area contributed by atoms with Crippen molar-refractivity contribution in [2.75, 3.05) is 19.6 Å². The Bertz CT molecular complexity index is 204. The van der Waals surface area contributed by atoms with Gasteiger partial charge in [-0.25, -0.2) is 4.79 Å². The molecule has 1 fully saturated rings. The highest BCUT2D eigenvalue weighted by Gasteiger charge is 2.16. The Morgan fingerprint density at radius 3 is 2.73 bits per heavy atom. The van der Waals surface area contributed by atoms with Crippen LogP contribution in [0.5, 0.6) is 0 Å². The van der Waals surface area contributed by atoms with Gasteiger partial charge in [-0.15, -0.1) is 0 Å². The normalized spacial score (nSPS) is 22.2. The van der Waals surface area contributed by atoms with Crippen LogP contribution in [0.15, 0.2) is 0 Å². The highest BCUT2D eigenvalue weighted by molar-refractivity contribution is 5.74. The third-order valence-electron chi connectivity index (χ3n) is 2.44. The van der Waals surface area contributed by atoms with E-state index >= 15 is 0 Å². The van der Waals surface area contributed by atoms with Crippen molar-refractivity contribution in [2.45, 2.75) is 39.2 Å². The predicted molar refractivity (Wildman–Crippen MR) is 61.9 cm³/mol. The molecule has 2 amide bonds. The fourth-order valence-electron chi connectivity index (χ4n) is 1.72. The molecule has 3 N–H and O–H groups in total. The van der Waals surface area contributed by atoms with Gasteiger partial charge in [0.1, 0.15) is 0 Å². The van der Waals surface area contributed by atoms with E-state index < -0.39 is 0 Å². The first-order chi connectivity index (χ1) is 6.97. The van der Waals surface area contributed by atoms with Crippen LogP contribution in [-0.2, 0) is 0 Å². The van der Waals surface area contributed by atoms with Gasteiger partial charge in [-0.3, -0.25) is 0 Å². The fourth-order valence-corrected chi connectivity index (χ4v) is 1.72. The number of carbonyl (C=O) groups excluding carboxylic acids is 1. The molecule has 0 radical (unpaired) electrons. The summed E-state index contributed by atoms with van der Waals surface area (Å²) in [6.07, 6.45) is 2.43. The van der Waals surface area contributed by atoms with Gasteiger partial charge in [-0.1, -0.05) is 0 Å². The largest absolute Gasteiger partial charge is 0.338 e. The summed E-state index contributed by atoms with van der Waals surface area (Å²) in [5.41, 5.74) is -0.158. The summed E-state index contributed by atoms with van der Waals surface area (Å²) in [6, 6.07) is -0.0620. The molecule has 0 aromatic carbocycles. The van der Waals surface area contributed by atoms with Crippen molar-refractivity contribution in [3.05, 3.63) is 0 Å². The maximum Gasteiger partial charge on any atom is 0.315 e. The van der Waals surface area contributed by atoms with E-state index in [9.17, 15) is 4.79 Å². The van der Waals surface area contributed by atoms with Crippen molar-refractivity contribution in [1.29, 1.82) is 0 Å². The van der Waals surface area contributed by atoms with Crippen molar-refractivity contribution < 1.29 is 4.79 Å². The van der Waals surface area contributed by atoms with E-state index in [0.29, 0.717) is 5.92 Å². The van der Waals surface area contributed by atoms with E-state index in [0.717, 1.165) is 19.6 Å². The molecular formula is C11H23N3O. The topological polar surface area (TPSA) is 53.2 Å². The second-order valence-corrected chi connectivity index (χ2v) is 5.30. The average Bonchev–Trinajstić information content (AvgIpc) is 2.14. The van der Waals surface area contributed by atoms with Crippen LogP contribution in [0.1, 0.15) is 33.6 Å². The van der Waals surface area contributed by atoms with Gasteiger partial charge < -0.3 is 16.0 Å². The molecule has 1 aliphatic rings. The minimum absolute atomic E-state index is 0.0620. The lowest BCUT2D eigenvalue weighted by Gasteiger charge is -2.25. The first-order valence-electron chi connectivity index (χ1n) is 5.74. The van der Waals surface area contributed by atoms with Crippen molar-refractivity contribution in [3.63, 3.8) is 0 Å². The first kappa shape index (κ1) is 12.3. The number of carbonyl (C=O) groups is 1. The van der Waals surface area contributed by atoms with Crippen LogP contribution in [0.4, 0.5) is 4.79 Å². The molecule has 0 saturated carbocycles. The van der Waals surface area contributed by atoms with Crippen LogP contribution >= 0.6 is 0 Å². The monoisotopic (exact) mass is 213 g/mol. The lowest BCUT2D eigenvalue weighted by atomic mass is 10.00. The minimum atomic E-state index is -0.158. The lowest BCUT2D eigenvalue weighted by Crippen LogP contribution is -2.48. The van der Waals surface area contributed by atoms with Crippen molar-refractivity contribution >= 4 is 6.03 Å². The molecule has 4 heteroatoms. The average molecular weight is 213 g/mol. The molecule has 1 saturated heterocycles. The maximum atomic E-state index is 11.5. The third kappa shape index (κ3) is 5.62. The molecule has 4 nitrogen and oxygen atoms in total. The molecule has 1 heterocycles. The Kier molecular flexibility index (Phi) is 4.39. The highest BCUT2D eigenvalue weighted by Crippen LogP contribution is 2.08. The summed E-state index contributed by atoms with van der Waals surface area (Å²) in [6.45, 7) is 8.85. The number of rotatable bonds is 2. The number of hydrogen-bond donors (Lipinski definition) is 3. The van der Waals surface area contributed by atoms with Crippen molar-refractivity contribution in [1.82, 2.24) is 16.0 Å². The second kappa shape index (κ2) is 5.35. The van der Waals surface area contributed by atoms with E-state index in [1.807, 2.05) is 20.8 Å². The predicted octanol–water partition coefficient (Wildman–Crippen LogP) is 1.08. The Morgan fingerprint density at radius 1 is 1.47 bits per heavy atom. The van der Waals surface area contributed by atoms with E-state index in [-0.39, 0.29) is 11.6 Å². The molecule has 0 aromatic heterocycles. The molecule has 0 spiro atoms. The molecule has 88 valence electrons. The SMILES string of the molecule is CC(C)(C)NC(=O)NCC1CCCNC1. The van der Waals surface area contributed by atoms with E-state index in [1.54, 1.807) is 0 Å². The van der Waals surface area contributed by atoms with Crippen LogP contribution in [0.3, 0.4) is 0 Å². The molecular weight excluding hydrogens is 190 g/mol. The molecule has 15 heavy (non-hydrogen) atoms. The fraction of sp³-hybridized carbons (Fsp3) is 0.909. The summed E-state index contributed by atoms with van der Waals surface area (Å²) < 4.78 is 0. The number of urea groups is 1. The summed E-state index contributed by atoms with van der Waals surface area (Å²) >= 11 is 0. The molecule has 0 aliphatic carbocycles. The van der Waals surface area contributed by atoms with Crippen LogP contribution in [0.25, 0.3) is 0 Å². The Hall–Kier alpha value is -0.770. The quantitative estimate of drug-likeness (QED) is 0.643. The second-order valence-electron chi connectivity index (χ2n) is 5.30.